The van der Waals surface area contributed by atoms with Gasteiger partial charge in [-0.2, -0.15) is 13.2 Å². The van der Waals surface area contributed by atoms with Crippen molar-refractivity contribution in [3.05, 3.63) is 0 Å². The zero-order chi connectivity index (χ0) is 17.2. The Morgan fingerprint density at radius 1 is 1.14 bits per heavy atom. The summed E-state index contributed by atoms with van der Waals surface area (Å²) in [7, 11) is 0. The maximum absolute atomic E-state index is 11.0. The molecular formula is C9H14F3N3O6. The maximum atomic E-state index is 11.0. The van der Waals surface area contributed by atoms with E-state index in [1.54, 1.807) is 0 Å². The molecule has 1 atom stereocenters. The van der Waals surface area contributed by atoms with Crippen molar-refractivity contribution in [2.75, 3.05) is 6.54 Å². The Labute approximate surface area is 116 Å². The molecule has 0 radical (unpaired) electrons. The summed E-state index contributed by atoms with van der Waals surface area (Å²) in [4.78, 5) is 40.3. The Balaban J connectivity index is 0. The molecule has 12 heteroatoms. The van der Waals surface area contributed by atoms with E-state index in [4.69, 9.17) is 26.5 Å². The second-order valence-corrected chi connectivity index (χ2v) is 3.53. The summed E-state index contributed by atoms with van der Waals surface area (Å²) < 4.78 is 31.7. The third kappa shape index (κ3) is 13.9. The fraction of sp³-hybridized carbons (Fsp3) is 0.556. The lowest BCUT2D eigenvalue weighted by Gasteiger charge is -2.09. The Hall–Kier alpha value is -2.37. The van der Waals surface area contributed by atoms with Crippen molar-refractivity contribution in [3.8, 4) is 0 Å². The molecule has 0 saturated heterocycles. The van der Waals surface area contributed by atoms with E-state index in [9.17, 15) is 27.6 Å². The minimum absolute atomic E-state index is 0.00164. The smallest absolute Gasteiger partial charge is 0.480 e. The number of nitrogens with two attached hydrogens (primary N) is 2. The Kier molecular flexibility index (Phi) is 9.49. The molecule has 0 aliphatic carbocycles. The van der Waals surface area contributed by atoms with Crippen LogP contribution in [0.1, 0.15) is 12.8 Å². The van der Waals surface area contributed by atoms with E-state index >= 15 is 0 Å². The van der Waals surface area contributed by atoms with Gasteiger partial charge < -0.3 is 27.0 Å². The molecule has 0 bridgehead atoms. The lowest BCUT2D eigenvalue weighted by molar-refractivity contribution is -0.192. The number of rotatable bonds is 6. The highest BCUT2D eigenvalue weighted by Crippen LogP contribution is 2.13. The molecular weight excluding hydrogens is 303 g/mol. The summed E-state index contributed by atoms with van der Waals surface area (Å²) in [6.45, 7) is -0.483. The number of halogens is 3. The molecule has 0 unspecified atom stereocenters. The van der Waals surface area contributed by atoms with Gasteiger partial charge in [-0.05, 0) is 6.42 Å². The van der Waals surface area contributed by atoms with E-state index in [0.717, 1.165) is 0 Å². The van der Waals surface area contributed by atoms with Crippen LogP contribution in [0.2, 0.25) is 0 Å². The summed E-state index contributed by atoms with van der Waals surface area (Å²) in [5.74, 6) is -5.06. The van der Waals surface area contributed by atoms with Crippen molar-refractivity contribution in [3.63, 3.8) is 0 Å². The number of carbonyl (C=O) groups excluding carboxylic acids is 2. The number of amides is 2. The zero-order valence-electron chi connectivity index (χ0n) is 10.5. The van der Waals surface area contributed by atoms with Crippen LogP contribution in [-0.2, 0) is 19.2 Å². The summed E-state index contributed by atoms with van der Waals surface area (Å²) in [5, 5.41) is 17.4. The first-order valence-electron chi connectivity index (χ1n) is 5.21. The van der Waals surface area contributed by atoms with E-state index in [2.05, 4.69) is 5.32 Å². The van der Waals surface area contributed by atoms with Gasteiger partial charge in [0.05, 0.1) is 6.04 Å². The van der Waals surface area contributed by atoms with Gasteiger partial charge in [0.2, 0.25) is 11.8 Å². The van der Waals surface area contributed by atoms with E-state index in [0.29, 0.717) is 0 Å². The van der Waals surface area contributed by atoms with Crippen molar-refractivity contribution in [1.82, 2.24) is 5.32 Å². The predicted molar refractivity (Wildman–Crippen MR) is 60.7 cm³/mol. The van der Waals surface area contributed by atoms with Gasteiger partial charge in [-0.25, -0.2) is 4.79 Å². The van der Waals surface area contributed by atoms with Crippen molar-refractivity contribution in [1.29, 1.82) is 0 Å². The Morgan fingerprint density at radius 3 is 1.86 bits per heavy atom. The summed E-state index contributed by atoms with van der Waals surface area (Å²) >= 11 is 0. The Morgan fingerprint density at radius 2 is 1.57 bits per heavy atom. The first kappa shape index (κ1) is 20.9. The third-order valence-electron chi connectivity index (χ3n) is 1.69. The molecule has 2 amide bonds. The highest BCUT2D eigenvalue weighted by Gasteiger charge is 2.38. The molecule has 0 aromatic carbocycles. The van der Waals surface area contributed by atoms with Crippen LogP contribution in [0.3, 0.4) is 0 Å². The van der Waals surface area contributed by atoms with Gasteiger partial charge >= 0.3 is 18.1 Å². The normalized spacial score (nSPS) is 11.6. The largest absolute Gasteiger partial charge is 0.490 e. The molecule has 0 aliphatic heterocycles. The monoisotopic (exact) mass is 317 g/mol. The molecule has 0 aliphatic rings. The average Bonchev–Trinajstić information content (AvgIpc) is 2.32. The van der Waals surface area contributed by atoms with Crippen molar-refractivity contribution in [2.24, 2.45) is 11.5 Å². The van der Waals surface area contributed by atoms with Crippen LogP contribution < -0.4 is 16.8 Å². The van der Waals surface area contributed by atoms with Gasteiger partial charge in [0, 0.05) is 6.42 Å². The van der Waals surface area contributed by atoms with Crippen molar-refractivity contribution in [2.45, 2.75) is 25.1 Å². The molecule has 21 heavy (non-hydrogen) atoms. The molecule has 0 aromatic heterocycles. The van der Waals surface area contributed by atoms with E-state index in [-0.39, 0.29) is 12.8 Å². The van der Waals surface area contributed by atoms with E-state index < -0.39 is 42.5 Å². The van der Waals surface area contributed by atoms with Crippen LogP contribution in [0.15, 0.2) is 0 Å². The molecule has 7 N–H and O–H groups in total. The lowest BCUT2D eigenvalue weighted by Crippen LogP contribution is -2.43. The second kappa shape index (κ2) is 9.52. The average molecular weight is 317 g/mol. The quantitative estimate of drug-likeness (QED) is 0.392. The molecule has 9 nitrogen and oxygen atoms in total. The minimum Gasteiger partial charge on any atom is -0.480 e. The standard InChI is InChI=1S/C7H13N3O4.C2HF3O2/c8-4(1-2-5(9)11)7(14)10-3-6(12)13;3-2(4,5)1(6)7/h4H,1-3,8H2,(H2,9,11)(H,10,14)(H,12,13);(H,6,7)/t4-;/m0./s1. The SMILES string of the molecule is NC(=O)CC[C@H](N)C(=O)NCC(=O)O.O=C(O)C(F)(F)F. The van der Waals surface area contributed by atoms with Crippen molar-refractivity contribution >= 4 is 23.8 Å². The van der Waals surface area contributed by atoms with Gasteiger partial charge in [0.25, 0.3) is 0 Å². The number of hydrogen-bond acceptors (Lipinski definition) is 5. The van der Waals surface area contributed by atoms with Crippen LogP contribution in [0.4, 0.5) is 13.2 Å². The van der Waals surface area contributed by atoms with Gasteiger partial charge in [0.15, 0.2) is 0 Å². The number of carboxylic acid groups (broad SMARTS) is 2. The van der Waals surface area contributed by atoms with Gasteiger partial charge in [0.1, 0.15) is 6.54 Å². The number of primary amides is 1. The number of hydrogen-bond donors (Lipinski definition) is 5. The van der Waals surface area contributed by atoms with Gasteiger partial charge in [-0.3, -0.25) is 14.4 Å². The van der Waals surface area contributed by atoms with Gasteiger partial charge in [-0.15, -0.1) is 0 Å². The third-order valence-corrected chi connectivity index (χ3v) is 1.69. The maximum Gasteiger partial charge on any atom is 0.490 e. The number of aliphatic carboxylic acids is 2. The molecule has 0 aromatic rings. The fourth-order valence-corrected chi connectivity index (χ4v) is 0.723. The highest BCUT2D eigenvalue weighted by molar-refractivity contribution is 5.85. The van der Waals surface area contributed by atoms with Crippen LogP contribution in [-0.4, -0.2) is 52.7 Å². The lowest BCUT2D eigenvalue weighted by atomic mass is 10.1. The number of carboxylic acids is 2. The number of nitrogens with one attached hydrogen (secondary N) is 1. The van der Waals surface area contributed by atoms with Crippen LogP contribution in [0.25, 0.3) is 0 Å². The topological polar surface area (TPSA) is 173 Å². The number of alkyl halides is 3. The summed E-state index contributed by atoms with van der Waals surface area (Å²) in [6.07, 6.45) is -4.97. The number of carbonyl (C=O) groups is 4. The molecule has 0 heterocycles. The zero-order valence-corrected chi connectivity index (χ0v) is 10.5. The van der Waals surface area contributed by atoms with Crippen molar-refractivity contribution < 1.29 is 42.6 Å². The summed E-state index contributed by atoms with van der Waals surface area (Å²) in [5.41, 5.74) is 10.2. The first-order valence-corrected chi connectivity index (χ1v) is 5.21. The van der Waals surface area contributed by atoms with Crippen LogP contribution in [0.5, 0.6) is 0 Å². The second-order valence-electron chi connectivity index (χ2n) is 3.53. The molecule has 0 rings (SSSR count). The van der Waals surface area contributed by atoms with Gasteiger partial charge in [-0.1, -0.05) is 0 Å². The van der Waals surface area contributed by atoms with Crippen LogP contribution >= 0.6 is 0 Å². The Bertz CT molecular complexity index is 399. The van der Waals surface area contributed by atoms with E-state index in [1.807, 2.05) is 0 Å². The molecule has 122 valence electrons. The van der Waals surface area contributed by atoms with E-state index in [1.165, 1.54) is 0 Å². The molecule has 0 saturated carbocycles. The minimum atomic E-state index is -5.08. The molecule has 0 spiro atoms. The predicted octanol–water partition coefficient (Wildman–Crippen LogP) is -1.59. The molecule has 0 fully saturated rings. The highest BCUT2D eigenvalue weighted by atomic mass is 19.4. The fourth-order valence-electron chi connectivity index (χ4n) is 0.723. The van der Waals surface area contributed by atoms with Crippen LogP contribution in [0, 0.1) is 0 Å². The first-order chi connectivity index (χ1) is 9.37. The summed E-state index contributed by atoms with van der Waals surface area (Å²) in [6, 6.07) is -0.901.